The van der Waals surface area contributed by atoms with Gasteiger partial charge in [0.1, 0.15) is 12.6 Å². The number of hydrogen-bond donors (Lipinski definition) is 1. The molecule has 0 aliphatic heterocycles. The van der Waals surface area contributed by atoms with E-state index in [0.29, 0.717) is 15.9 Å². The van der Waals surface area contributed by atoms with Crippen molar-refractivity contribution in [2.24, 2.45) is 0 Å². The standard InChI is InChI=1S/C34H34F3N3O4S/c1-24-15-17-30(18-16-24)45(43,44)40(29-14-8-13-28(21-29)34(35,36)37)23-32(41)39(22-27-12-7-9-25(2)19-27)31(33(42)38-3)20-26-10-5-4-6-11-26/h4-19,21,31H,20,22-23H2,1-3H3,(H,38,42). The first-order valence-electron chi connectivity index (χ1n) is 14.2. The van der Waals surface area contributed by atoms with Crippen LogP contribution in [0.2, 0.25) is 0 Å². The lowest BCUT2D eigenvalue weighted by atomic mass is 10.0. The van der Waals surface area contributed by atoms with E-state index in [4.69, 9.17) is 0 Å². The molecule has 0 aliphatic carbocycles. The third kappa shape index (κ3) is 8.30. The van der Waals surface area contributed by atoms with Crippen LogP contribution in [0.4, 0.5) is 18.9 Å². The maximum Gasteiger partial charge on any atom is 0.416 e. The minimum Gasteiger partial charge on any atom is -0.357 e. The van der Waals surface area contributed by atoms with Crippen LogP contribution in [0.25, 0.3) is 0 Å². The van der Waals surface area contributed by atoms with Crippen molar-refractivity contribution in [1.29, 1.82) is 0 Å². The second kappa shape index (κ2) is 14.0. The molecule has 0 saturated carbocycles. The van der Waals surface area contributed by atoms with Gasteiger partial charge in [-0.15, -0.1) is 0 Å². The molecule has 0 heterocycles. The highest BCUT2D eigenvalue weighted by atomic mass is 32.2. The first kappa shape index (κ1) is 33.3. The maximum atomic E-state index is 14.3. The van der Waals surface area contributed by atoms with Crippen molar-refractivity contribution in [2.75, 3.05) is 17.9 Å². The van der Waals surface area contributed by atoms with E-state index >= 15 is 0 Å². The van der Waals surface area contributed by atoms with Gasteiger partial charge in [0, 0.05) is 20.0 Å². The molecule has 0 saturated heterocycles. The summed E-state index contributed by atoms with van der Waals surface area (Å²) >= 11 is 0. The molecule has 0 bridgehead atoms. The topological polar surface area (TPSA) is 86.8 Å². The Bertz CT molecular complexity index is 1740. The molecule has 4 aromatic rings. The summed E-state index contributed by atoms with van der Waals surface area (Å²) in [5.74, 6) is -1.25. The highest BCUT2D eigenvalue weighted by molar-refractivity contribution is 7.92. The Morgan fingerprint density at radius 3 is 2.07 bits per heavy atom. The maximum absolute atomic E-state index is 14.3. The zero-order valence-corrected chi connectivity index (χ0v) is 25.9. The van der Waals surface area contributed by atoms with Crippen molar-refractivity contribution < 1.29 is 31.2 Å². The normalized spacial score (nSPS) is 12.3. The van der Waals surface area contributed by atoms with Gasteiger partial charge in [0.05, 0.1) is 16.1 Å². The minimum absolute atomic E-state index is 0.0492. The Morgan fingerprint density at radius 2 is 1.44 bits per heavy atom. The molecular weight excluding hydrogens is 603 g/mol. The largest absolute Gasteiger partial charge is 0.416 e. The average molecular weight is 638 g/mol. The van der Waals surface area contributed by atoms with Crippen LogP contribution in [0.3, 0.4) is 0 Å². The van der Waals surface area contributed by atoms with Gasteiger partial charge in [-0.1, -0.05) is 83.9 Å². The fraction of sp³-hybridized carbons (Fsp3) is 0.235. The summed E-state index contributed by atoms with van der Waals surface area (Å²) in [4.78, 5) is 28.7. The summed E-state index contributed by atoms with van der Waals surface area (Å²) in [6.45, 7) is 2.73. The molecule has 11 heteroatoms. The van der Waals surface area contributed by atoms with E-state index in [1.807, 2.05) is 37.3 Å². The number of rotatable bonds is 11. The first-order valence-corrected chi connectivity index (χ1v) is 15.6. The van der Waals surface area contributed by atoms with E-state index in [2.05, 4.69) is 5.32 Å². The van der Waals surface area contributed by atoms with Crippen molar-refractivity contribution in [2.45, 2.75) is 43.9 Å². The molecule has 236 valence electrons. The van der Waals surface area contributed by atoms with Gasteiger partial charge in [-0.05, 0) is 55.3 Å². The second-order valence-electron chi connectivity index (χ2n) is 10.7. The zero-order chi connectivity index (χ0) is 32.8. The van der Waals surface area contributed by atoms with Gasteiger partial charge in [0.15, 0.2) is 0 Å². The predicted octanol–water partition coefficient (Wildman–Crippen LogP) is 5.90. The number of amides is 2. The van der Waals surface area contributed by atoms with Gasteiger partial charge in [-0.2, -0.15) is 13.2 Å². The summed E-state index contributed by atoms with van der Waals surface area (Å²) in [6, 6.07) is 24.9. The van der Waals surface area contributed by atoms with Crippen LogP contribution < -0.4 is 9.62 Å². The van der Waals surface area contributed by atoms with Gasteiger partial charge >= 0.3 is 6.18 Å². The van der Waals surface area contributed by atoms with Crippen LogP contribution >= 0.6 is 0 Å². The summed E-state index contributed by atoms with van der Waals surface area (Å²) in [5.41, 5.74) is 1.73. The number of nitrogens with zero attached hydrogens (tertiary/aromatic N) is 2. The quantitative estimate of drug-likeness (QED) is 0.222. The fourth-order valence-corrected chi connectivity index (χ4v) is 6.34. The Hall–Kier alpha value is -4.64. The van der Waals surface area contributed by atoms with Crippen molar-refractivity contribution in [1.82, 2.24) is 10.2 Å². The molecular formula is C34H34F3N3O4S. The van der Waals surface area contributed by atoms with Crippen LogP contribution in [0.15, 0.2) is 108 Å². The highest BCUT2D eigenvalue weighted by Crippen LogP contribution is 2.33. The molecule has 45 heavy (non-hydrogen) atoms. The van der Waals surface area contributed by atoms with Gasteiger partial charge in [0.2, 0.25) is 11.8 Å². The van der Waals surface area contributed by atoms with Crippen LogP contribution in [-0.2, 0) is 38.8 Å². The number of anilines is 1. The zero-order valence-electron chi connectivity index (χ0n) is 25.1. The van der Waals surface area contributed by atoms with Crippen LogP contribution in [0.1, 0.15) is 27.8 Å². The third-order valence-corrected chi connectivity index (χ3v) is 9.09. The van der Waals surface area contributed by atoms with Gasteiger partial charge in [-0.3, -0.25) is 13.9 Å². The lowest BCUT2D eigenvalue weighted by molar-refractivity contribution is -0.139. The molecule has 0 aromatic heterocycles. The van der Waals surface area contributed by atoms with E-state index in [0.717, 1.165) is 28.8 Å². The van der Waals surface area contributed by atoms with E-state index < -0.39 is 46.2 Å². The molecule has 0 fully saturated rings. The number of alkyl halides is 3. The summed E-state index contributed by atoms with van der Waals surface area (Å²) in [6.07, 6.45) is -4.64. The number of carbonyl (C=O) groups is 2. The number of carbonyl (C=O) groups excluding carboxylic acids is 2. The molecule has 2 amide bonds. The SMILES string of the molecule is CNC(=O)C(Cc1ccccc1)N(Cc1cccc(C)c1)C(=O)CN(c1cccc(C(F)(F)F)c1)S(=O)(=O)c1ccc(C)cc1. The van der Waals surface area contributed by atoms with Crippen LogP contribution in [0, 0.1) is 13.8 Å². The number of halogens is 3. The van der Waals surface area contributed by atoms with Crippen molar-refractivity contribution >= 4 is 27.5 Å². The molecule has 1 N–H and O–H groups in total. The van der Waals surface area contributed by atoms with Gasteiger partial charge in [-0.25, -0.2) is 8.42 Å². The smallest absolute Gasteiger partial charge is 0.357 e. The Morgan fingerprint density at radius 1 is 0.800 bits per heavy atom. The Balaban J connectivity index is 1.83. The molecule has 4 rings (SSSR count). The van der Waals surface area contributed by atoms with E-state index in [1.54, 1.807) is 43.3 Å². The second-order valence-corrected chi connectivity index (χ2v) is 12.6. The number of aryl methyl sites for hydroxylation is 2. The number of sulfonamides is 1. The fourth-order valence-electron chi connectivity index (χ4n) is 4.93. The van der Waals surface area contributed by atoms with E-state index in [1.165, 1.54) is 30.1 Å². The number of hydrogen-bond acceptors (Lipinski definition) is 4. The molecule has 0 spiro atoms. The number of likely N-dealkylation sites (N-methyl/N-ethyl adjacent to an activating group) is 1. The van der Waals surface area contributed by atoms with E-state index in [9.17, 15) is 31.2 Å². The Kier molecular flexibility index (Phi) is 10.3. The molecule has 0 aliphatic rings. The monoisotopic (exact) mass is 637 g/mol. The minimum atomic E-state index is -4.75. The van der Waals surface area contributed by atoms with Crippen LogP contribution in [-0.4, -0.2) is 44.8 Å². The molecule has 4 aromatic carbocycles. The van der Waals surface area contributed by atoms with Gasteiger partial charge in [0.25, 0.3) is 10.0 Å². The third-order valence-electron chi connectivity index (χ3n) is 7.30. The lowest BCUT2D eigenvalue weighted by Crippen LogP contribution is -2.53. The summed E-state index contributed by atoms with van der Waals surface area (Å²) < 4.78 is 69.8. The van der Waals surface area contributed by atoms with Crippen molar-refractivity contribution in [3.63, 3.8) is 0 Å². The van der Waals surface area contributed by atoms with Crippen LogP contribution in [0.5, 0.6) is 0 Å². The molecule has 0 radical (unpaired) electrons. The number of nitrogens with one attached hydrogen (secondary N) is 1. The van der Waals surface area contributed by atoms with Gasteiger partial charge < -0.3 is 10.2 Å². The summed E-state index contributed by atoms with van der Waals surface area (Å²) in [7, 11) is -3.10. The van der Waals surface area contributed by atoms with Crippen molar-refractivity contribution in [3.8, 4) is 0 Å². The lowest BCUT2D eigenvalue weighted by Gasteiger charge is -2.33. The highest BCUT2D eigenvalue weighted by Gasteiger charge is 2.36. The Labute approximate surface area is 261 Å². The van der Waals surface area contributed by atoms with E-state index in [-0.39, 0.29) is 23.5 Å². The molecule has 1 atom stereocenters. The average Bonchev–Trinajstić information content (AvgIpc) is 3.01. The predicted molar refractivity (Wildman–Crippen MR) is 167 cm³/mol. The first-order chi connectivity index (χ1) is 21.3. The van der Waals surface area contributed by atoms with Crippen molar-refractivity contribution in [3.05, 3.63) is 131 Å². The molecule has 7 nitrogen and oxygen atoms in total. The molecule has 1 unspecified atom stereocenters. The summed E-state index contributed by atoms with van der Waals surface area (Å²) in [5, 5.41) is 2.60. The number of benzene rings is 4.